The van der Waals surface area contributed by atoms with Gasteiger partial charge in [-0.2, -0.15) is 0 Å². The first-order valence-corrected chi connectivity index (χ1v) is 7.64. The Kier molecular flexibility index (Phi) is 4.28. The number of aromatic nitrogens is 1. The molecule has 0 aromatic carbocycles. The molecule has 1 aromatic rings. The number of aliphatic hydroxyl groups is 2. The number of hydrogen-bond acceptors (Lipinski definition) is 6. The molecule has 0 spiro atoms. The van der Waals surface area contributed by atoms with E-state index in [0.29, 0.717) is 18.9 Å². The van der Waals surface area contributed by atoms with Crippen molar-refractivity contribution in [3.8, 4) is 5.75 Å². The van der Waals surface area contributed by atoms with Gasteiger partial charge in [0, 0.05) is 31.9 Å². The van der Waals surface area contributed by atoms with Crippen molar-refractivity contribution in [1.82, 2.24) is 9.88 Å². The molecule has 2 aliphatic heterocycles. The first-order chi connectivity index (χ1) is 10.1. The van der Waals surface area contributed by atoms with E-state index in [1.807, 2.05) is 4.90 Å². The Bertz CT molecular complexity index is 485. The summed E-state index contributed by atoms with van der Waals surface area (Å²) >= 11 is 0. The summed E-state index contributed by atoms with van der Waals surface area (Å²) in [5.74, 6) is 0.685. The van der Waals surface area contributed by atoms with Crippen LogP contribution in [0.3, 0.4) is 0 Å². The zero-order valence-electron chi connectivity index (χ0n) is 12.1. The number of β-amino-alcohol motifs (C(OH)–C–C–N with tert-alkyl or cyclic N) is 2. The number of aliphatic hydroxyl groups excluding tert-OH is 2. The second-order valence-electron chi connectivity index (χ2n) is 6.01. The monoisotopic (exact) mass is 293 g/mol. The highest BCUT2D eigenvalue weighted by Crippen LogP contribution is 2.28. The molecule has 0 aliphatic carbocycles. The molecule has 0 bridgehead atoms. The fourth-order valence-corrected chi connectivity index (χ4v) is 3.45. The van der Waals surface area contributed by atoms with Gasteiger partial charge in [-0.15, -0.1) is 0 Å². The second kappa shape index (κ2) is 6.17. The van der Waals surface area contributed by atoms with Crippen molar-refractivity contribution in [2.75, 3.05) is 31.1 Å². The third-order valence-electron chi connectivity index (χ3n) is 4.51. The number of aromatic hydroxyl groups is 1. The van der Waals surface area contributed by atoms with Crippen LogP contribution in [0, 0.1) is 0 Å². The molecule has 6 heteroatoms. The van der Waals surface area contributed by atoms with Crippen molar-refractivity contribution in [2.45, 2.75) is 37.5 Å². The third kappa shape index (κ3) is 3.12. The van der Waals surface area contributed by atoms with Crippen molar-refractivity contribution in [3.05, 3.63) is 18.3 Å². The van der Waals surface area contributed by atoms with Crippen LogP contribution in [0.25, 0.3) is 0 Å². The number of anilines is 1. The standard InChI is InChI=1S/C15H23N3O3/c19-11-3-2-7-17(9-11)12-5-8-18(10-14(12)21)15-13(20)4-1-6-16-15/h1,4,6,11-12,14,19-21H,2-3,5,7-10H2. The second-order valence-corrected chi connectivity index (χ2v) is 6.01. The number of rotatable bonds is 2. The van der Waals surface area contributed by atoms with Crippen LogP contribution < -0.4 is 4.90 Å². The van der Waals surface area contributed by atoms with Crippen LogP contribution in [0.2, 0.25) is 0 Å². The molecule has 3 N–H and O–H groups in total. The van der Waals surface area contributed by atoms with Crippen LogP contribution in [0.4, 0.5) is 5.82 Å². The quantitative estimate of drug-likeness (QED) is 0.722. The molecule has 3 atom stereocenters. The summed E-state index contributed by atoms with van der Waals surface area (Å²) in [6.45, 7) is 2.80. The minimum absolute atomic E-state index is 0.0852. The topological polar surface area (TPSA) is 80.1 Å². The van der Waals surface area contributed by atoms with Gasteiger partial charge in [-0.05, 0) is 37.9 Å². The van der Waals surface area contributed by atoms with E-state index in [2.05, 4.69) is 9.88 Å². The zero-order chi connectivity index (χ0) is 14.8. The third-order valence-corrected chi connectivity index (χ3v) is 4.51. The molecule has 1 aromatic heterocycles. The first kappa shape index (κ1) is 14.6. The van der Waals surface area contributed by atoms with Gasteiger partial charge >= 0.3 is 0 Å². The van der Waals surface area contributed by atoms with Crippen molar-refractivity contribution in [1.29, 1.82) is 0 Å². The molecular weight excluding hydrogens is 270 g/mol. The van der Waals surface area contributed by atoms with Crippen LogP contribution >= 0.6 is 0 Å². The van der Waals surface area contributed by atoms with Crippen molar-refractivity contribution >= 4 is 5.82 Å². The Labute approximate surface area is 124 Å². The Morgan fingerprint density at radius 1 is 1.14 bits per heavy atom. The van der Waals surface area contributed by atoms with Crippen molar-refractivity contribution in [2.24, 2.45) is 0 Å². The molecule has 0 radical (unpaired) electrons. The van der Waals surface area contributed by atoms with Gasteiger partial charge in [0.1, 0.15) is 0 Å². The normalized spacial score (nSPS) is 31.3. The molecule has 6 nitrogen and oxygen atoms in total. The fraction of sp³-hybridized carbons (Fsp3) is 0.667. The summed E-state index contributed by atoms with van der Waals surface area (Å²) in [4.78, 5) is 8.33. The number of piperidine rings is 2. The van der Waals surface area contributed by atoms with Crippen LogP contribution in [0.1, 0.15) is 19.3 Å². The van der Waals surface area contributed by atoms with E-state index < -0.39 is 6.10 Å². The van der Waals surface area contributed by atoms with E-state index >= 15 is 0 Å². The molecule has 2 saturated heterocycles. The first-order valence-electron chi connectivity index (χ1n) is 7.64. The largest absolute Gasteiger partial charge is 0.504 e. The summed E-state index contributed by atoms with van der Waals surface area (Å²) in [6.07, 6.45) is 3.52. The van der Waals surface area contributed by atoms with E-state index in [4.69, 9.17) is 0 Å². The van der Waals surface area contributed by atoms with Crippen LogP contribution in [-0.4, -0.2) is 69.6 Å². The smallest absolute Gasteiger partial charge is 0.171 e. The molecule has 3 unspecified atom stereocenters. The summed E-state index contributed by atoms with van der Waals surface area (Å²) in [7, 11) is 0. The summed E-state index contributed by atoms with van der Waals surface area (Å²) in [5.41, 5.74) is 0. The van der Waals surface area contributed by atoms with Gasteiger partial charge in [-0.25, -0.2) is 4.98 Å². The fourth-order valence-electron chi connectivity index (χ4n) is 3.45. The minimum Gasteiger partial charge on any atom is -0.504 e. The van der Waals surface area contributed by atoms with E-state index in [0.717, 1.165) is 32.4 Å². The lowest BCUT2D eigenvalue weighted by atomic mass is 9.96. The van der Waals surface area contributed by atoms with Gasteiger partial charge in [0.25, 0.3) is 0 Å². The van der Waals surface area contributed by atoms with Gasteiger partial charge in [-0.1, -0.05) is 0 Å². The molecule has 116 valence electrons. The number of pyridine rings is 1. The van der Waals surface area contributed by atoms with E-state index in [1.165, 1.54) is 0 Å². The maximum Gasteiger partial charge on any atom is 0.171 e. The van der Waals surface area contributed by atoms with Gasteiger partial charge < -0.3 is 20.2 Å². The van der Waals surface area contributed by atoms with Gasteiger partial charge in [0.2, 0.25) is 0 Å². The molecule has 0 amide bonds. The highest BCUT2D eigenvalue weighted by atomic mass is 16.3. The molecule has 0 saturated carbocycles. The predicted molar refractivity (Wildman–Crippen MR) is 79.3 cm³/mol. The number of likely N-dealkylation sites (tertiary alicyclic amines) is 1. The van der Waals surface area contributed by atoms with E-state index in [1.54, 1.807) is 18.3 Å². The lowest BCUT2D eigenvalue weighted by Gasteiger charge is -2.44. The molecule has 2 aliphatic rings. The Morgan fingerprint density at radius 2 is 2.00 bits per heavy atom. The molecule has 3 heterocycles. The lowest BCUT2D eigenvalue weighted by molar-refractivity contribution is -0.0105. The summed E-state index contributed by atoms with van der Waals surface area (Å²) in [6, 6.07) is 3.39. The molecule has 2 fully saturated rings. The average molecular weight is 293 g/mol. The highest BCUT2D eigenvalue weighted by Gasteiger charge is 2.35. The van der Waals surface area contributed by atoms with E-state index in [-0.39, 0.29) is 17.9 Å². The predicted octanol–water partition coefficient (Wildman–Crippen LogP) is 0.184. The van der Waals surface area contributed by atoms with Gasteiger partial charge in [0.15, 0.2) is 11.6 Å². The Balaban J connectivity index is 1.65. The van der Waals surface area contributed by atoms with Crippen LogP contribution in [-0.2, 0) is 0 Å². The zero-order valence-corrected chi connectivity index (χ0v) is 12.1. The summed E-state index contributed by atoms with van der Waals surface area (Å²) in [5, 5.41) is 30.1. The maximum absolute atomic E-state index is 10.5. The highest BCUT2D eigenvalue weighted by molar-refractivity contribution is 5.51. The molecular formula is C15H23N3O3. The number of hydrogen-bond donors (Lipinski definition) is 3. The summed E-state index contributed by atoms with van der Waals surface area (Å²) < 4.78 is 0. The minimum atomic E-state index is -0.495. The van der Waals surface area contributed by atoms with Crippen molar-refractivity contribution < 1.29 is 15.3 Å². The van der Waals surface area contributed by atoms with Gasteiger partial charge in [0.05, 0.1) is 12.2 Å². The SMILES string of the molecule is Oc1cccnc1N1CCC(N2CCCC(O)C2)C(O)C1. The van der Waals surface area contributed by atoms with Crippen LogP contribution in [0.15, 0.2) is 18.3 Å². The van der Waals surface area contributed by atoms with Crippen LogP contribution in [0.5, 0.6) is 5.75 Å². The van der Waals surface area contributed by atoms with Gasteiger partial charge in [-0.3, -0.25) is 4.90 Å². The number of nitrogens with zero attached hydrogens (tertiary/aromatic N) is 3. The maximum atomic E-state index is 10.5. The lowest BCUT2D eigenvalue weighted by Crippen LogP contribution is -2.57. The van der Waals surface area contributed by atoms with Crippen molar-refractivity contribution in [3.63, 3.8) is 0 Å². The molecule has 3 rings (SSSR count). The Hall–Kier alpha value is -1.37. The molecule has 21 heavy (non-hydrogen) atoms. The average Bonchev–Trinajstić information content (AvgIpc) is 2.47. The van der Waals surface area contributed by atoms with E-state index in [9.17, 15) is 15.3 Å². The Morgan fingerprint density at radius 3 is 2.71 bits per heavy atom.